The number of nitro groups is 1. The van der Waals surface area contributed by atoms with Crippen LogP contribution in [0.1, 0.15) is 26.3 Å². The summed E-state index contributed by atoms with van der Waals surface area (Å²) in [5, 5.41) is 15.5. The average Bonchev–Trinajstić information content (AvgIpc) is 3.01. The van der Waals surface area contributed by atoms with Gasteiger partial charge in [0.15, 0.2) is 0 Å². The summed E-state index contributed by atoms with van der Waals surface area (Å²) in [6.45, 7) is 0. The molecule has 0 unspecified atom stereocenters. The van der Waals surface area contributed by atoms with E-state index in [0.717, 1.165) is 10.0 Å². The summed E-state index contributed by atoms with van der Waals surface area (Å²) >= 11 is 3.43. The topological polar surface area (TPSA) is 133 Å². The summed E-state index contributed by atoms with van der Waals surface area (Å²) in [5.74, 6) is -0.217. The maximum atomic E-state index is 13.3. The highest BCUT2D eigenvalue weighted by atomic mass is 79.9. The minimum Gasteiger partial charge on any atom is -0.497 e. The molecule has 1 N–H and O–H groups in total. The number of nitro benzene ring substituents is 1. The minimum atomic E-state index is -0.651. The van der Waals surface area contributed by atoms with Crippen molar-refractivity contribution in [3.8, 4) is 22.8 Å². The number of carbonyl (C=O) groups excluding carboxylic acids is 2. The van der Waals surface area contributed by atoms with Crippen LogP contribution in [0.25, 0.3) is 22.2 Å². The van der Waals surface area contributed by atoms with Crippen LogP contribution in [0.4, 0.5) is 5.69 Å². The van der Waals surface area contributed by atoms with Crippen LogP contribution in [0.2, 0.25) is 0 Å². The first-order valence-corrected chi connectivity index (χ1v) is 13.2. The van der Waals surface area contributed by atoms with Crippen LogP contribution in [0.15, 0.2) is 107 Å². The minimum absolute atomic E-state index is 0.121. The van der Waals surface area contributed by atoms with E-state index in [1.54, 1.807) is 55.6 Å². The number of benzene rings is 4. The third-order valence-corrected chi connectivity index (χ3v) is 6.71. The number of carbonyl (C=O) groups is 2. The Balaban J connectivity index is 1.30. The number of ether oxygens (including phenoxy) is 2. The fraction of sp³-hybridized carbons (Fsp3) is 0.0323. The molecule has 0 aliphatic rings. The summed E-state index contributed by atoms with van der Waals surface area (Å²) in [6, 6.07) is 26.3. The summed E-state index contributed by atoms with van der Waals surface area (Å²) in [6.07, 6.45) is 1.46. The van der Waals surface area contributed by atoms with E-state index in [2.05, 4.69) is 26.5 Å². The molecule has 0 bridgehead atoms. The van der Waals surface area contributed by atoms with E-state index in [9.17, 15) is 19.7 Å². The van der Waals surface area contributed by atoms with Gasteiger partial charge in [-0.2, -0.15) is 5.10 Å². The Morgan fingerprint density at radius 1 is 0.929 bits per heavy atom. The number of fused-ring (bicyclic) bond motifs is 1. The molecular weight excluding hydrogens is 604 g/mol. The molecule has 0 aliphatic carbocycles. The highest BCUT2D eigenvalue weighted by molar-refractivity contribution is 9.10. The molecular formula is C31H21BrN4O6. The molecule has 11 heteroatoms. The number of rotatable bonds is 8. The Morgan fingerprint density at radius 2 is 1.62 bits per heavy atom. The van der Waals surface area contributed by atoms with Gasteiger partial charge in [0.1, 0.15) is 11.5 Å². The van der Waals surface area contributed by atoms with Gasteiger partial charge in [0, 0.05) is 27.6 Å². The van der Waals surface area contributed by atoms with Crippen molar-refractivity contribution in [1.29, 1.82) is 0 Å². The van der Waals surface area contributed by atoms with Crippen LogP contribution in [0.3, 0.4) is 0 Å². The second-order valence-corrected chi connectivity index (χ2v) is 9.82. The summed E-state index contributed by atoms with van der Waals surface area (Å²) in [7, 11) is 1.55. The Hall–Kier alpha value is -5.42. The molecule has 0 radical (unpaired) electrons. The van der Waals surface area contributed by atoms with Gasteiger partial charge in [-0.15, -0.1) is 0 Å². The van der Waals surface area contributed by atoms with Gasteiger partial charge in [0.2, 0.25) is 0 Å². The third kappa shape index (κ3) is 6.48. The second kappa shape index (κ2) is 12.4. The number of aromatic nitrogens is 1. The van der Waals surface area contributed by atoms with Crippen LogP contribution in [0, 0.1) is 10.1 Å². The number of nitrogens with one attached hydrogen (secondary N) is 1. The number of amides is 1. The van der Waals surface area contributed by atoms with Gasteiger partial charge in [-0.1, -0.05) is 28.1 Å². The molecule has 0 fully saturated rings. The van der Waals surface area contributed by atoms with Crippen molar-refractivity contribution in [3.05, 3.63) is 128 Å². The summed E-state index contributed by atoms with van der Waals surface area (Å²) < 4.78 is 11.6. The molecule has 42 heavy (non-hydrogen) atoms. The lowest BCUT2D eigenvalue weighted by Gasteiger charge is -2.10. The van der Waals surface area contributed by atoms with E-state index in [4.69, 9.17) is 14.5 Å². The molecule has 0 aliphatic heterocycles. The Bertz CT molecular complexity index is 1820. The van der Waals surface area contributed by atoms with Crippen molar-refractivity contribution >= 4 is 50.6 Å². The highest BCUT2D eigenvalue weighted by Crippen LogP contribution is 2.28. The first kappa shape index (κ1) is 28.1. The number of halogens is 1. The zero-order valence-corrected chi connectivity index (χ0v) is 23.6. The molecule has 10 nitrogen and oxygen atoms in total. The molecule has 0 atom stereocenters. The molecule has 0 saturated carbocycles. The number of esters is 1. The summed E-state index contributed by atoms with van der Waals surface area (Å²) in [4.78, 5) is 40.6. The Kier molecular flexibility index (Phi) is 8.30. The monoisotopic (exact) mass is 624 g/mol. The maximum Gasteiger partial charge on any atom is 0.343 e. The van der Waals surface area contributed by atoms with E-state index >= 15 is 0 Å². The molecule has 0 saturated heterocycles. The van der Waals surface area contributed by atoms with Gasteiger partial charge in [-0.3, -0.25) is 14.9 Å². The van der Waals surface area contributed by atoms with E-state index in [0.29, 0.717) is 33.5 Å². The van der Waals surface area contributed by atoms with Crippen LogP contribution < -0.4 is 14.9 Å². The van der Waals surface area contributed by atoms with Gasteiger partial charge in [0.25, 0.3) is 11.6 Å². The smallest absolute Gasteiger partial charge is 0.343 e. The van der Waals surface area contributed by atoms with Gasteiger partial charge in [-0.05, 0) is 78.4 Å². The van der Waals surface area contributed by atoms with Crippen LogP contribution in [0.5, 0.6) is 11.5 Å². The number of hydrogen-bond acceptors (Lipinski definition) is 8. The molecule has 1 amide bonds. The Morgan fingerprint density at radius 3 is 2.29 bits per heavy atom. The highest BCUT2D eigenvalue weighted by Gasteiger charge is 2.15. The number of hydrogen-bond donors (Lipinski definition) is 1. The molecule has 208 valence electrons. The fourth-order valence-electron chi connectivity index (χ4n) is 4.02. The lowest BCUT2D eigenvalue weighted by Crippen LogP contribution is -2.18. The molecule has 1 heterocycles. The van der Waals surface area contributed by atoms with E-state index in [1.165, 1.54) is 30.5 Å². The number of hydrazone groups is 1. The molecule has 0 spiro atoms. The van der Waals surface area contributed by atoms with Crippen molar-refractivity contribution in [3.63, 3.8) is 0 Å². The van der Waals surface area contributed by atoms with Crippen molar-refractivity contribution < 1.29 is 24.0 Å². The van der Waals surface area contributed by atoms with Crippen molar-refractivity contribution in [2.75, 3.05) is 7.11 Å². The largest absolute Gasteiger partial charge is 0.497 e. The number of non-ortho nitro benzene ring substituents is 1. The van der Waals surface area contributed by atoms with Crippen LogP contribution in [-0.2, 0) is 0 Å². The predicted octanol–water partition coefficient (Wildman–Crippen LogP) is 6.56. The standard InChI is InChI=1S/C31H21BrN4O6/c1-41-25-14-15-28-26(16-25)27(17-29(34-28)20-4-8-22(32)9-5-20)30(37)35-33-18-19-2-12-24(13-3-19)42-31(38)21-6-10-23(11-7-21)36(39)40/h2-18H,1H3,(H,35,37). The molecule has 5 rings (SSSR count). The van der Waals surface area contributed by atoms with E-state index in [-0.39, 0.29) is 17.0 Å². The zero-order chi connectivity index (χ0) is 29.6. The fourth-order valence-corrected chi connectivity index (χ4v) is 4.29. The van der Waals surface area contributed by atoms with E-state index < -0.39 is 16.8 Å². The SMILES string of the molecule is COc1ccc2nc(-c3ccc(Br)cc3)cc(C(=O)NN=Cc3ccc(OC(=O)c4ccc([N+](=O)[O-])cc4)cc3)c2c1. The van der Waals surface area contributed by atoms with Gasteiger partial charge < -0.3 is 9.47 Å². The average molecular weight is 625 g/mol. The van der Waals surface area contributed by atoms with Crippen molar-refractivity contribution in [1.82, 2.24) is 10.4 Å². The lowest BCUT2D eigenvalue weighted by atomic mass is 10.0. The normalized spacial score (nSPS) is 10.9. The van der Waals surface area contributed by atoms with Crippen molar-refractivity contribution in [2.45, 2.75) is 0 Å². The van der Waals surface area contributed by atoms with Crippen LogP contribution in [-0.4, -0.2) is 35.1 Å². The first-order valence-electron chi connectivity index (χ1n) is 12.5. The summed E-state index contributed by atoms with van der Waals surface area (Å²) in [5.41, 5.74) is 5.75. The number of pyridine rings is 1. The second-order valence-electron chi connectivity index (χ2n) is 8.91. The molecule has 1 aromatic heterocycles. The molecule has 4 aromatic carbocycles. The van der Waals surface area contributed by atoms with Gasteiger partial charge in [0.05, 0.1) is 40.6 Å². The predicted molar refractivity (Wildman–Crippen MR) is 161 cm³/mol. The van der Waals surface area contributed by atoms with Crippen molar-refractivity contribution in [2.24, 2.45) is 5.10 Å². The first-order chi connectivity index (χ1) is 20.3. The third-order valence-electron chi connectivity index (χ3n) is 6.18. The molecule has 5 aromatic rings. The van der Waals surface area contributed by atoms with E-state index in [1.807, 2.05) is 24.3 Å². The Labute approximate surface area is 247 Å². The zero-order valence-electron chi connectivity index (χ0n) is 22.0. The lowest BCUT2D eigenvalue weighted by molar-refractivity contribution is -0.384. The number of nitrogens with zero attached hydrogens (tertiary/aromatic N) is 3. The number of methoxy groups -OCH3 is 1. The quantitative estimate of drug-likeness (QED) is 0.0679. The maximum absolute atomic E-state index is 13.3. The van der Waals surface area contributed by atoms with Crippen LogP contribution >= 0.6 is 15.9 Å². The van der Waals surface area contributed by atoms with Gasteiger partial charge in [-0.25, -0.2) is 15.2 Å². The van der Waals surface area contributed by atoms with Gasteiger partial charge >= 0.3 is 5.97 Å².